The van der Waals surface area contributed by atoms with Crippen molar-refractivity contribution in [1.29, 1.82) is 0 Å². The second-order valence-corrected chi connectivity index (χ2v) is 4.62. The van der Waals surface area contributed by atoms with Gasteiger partial charge in [-0.1, -0.05) is 6.07 Å². The van der Waals surface area contributed by atoms with Gasteiger partial charge in [0.1, 0.15) is 5.65 Å². The Bertz CT molecular complexity index is 708. The molecule has 90 valence electrons. The van der Waals surface area contributed by atoms with Gasteiger partial charge in [0.15, 0.2) is 0 Å². The second-order valence-electron chi connectivity index (χ2n) is 4.62. The molecule has 0 aliphatic carbocycles. The molecule has 0 N–H and O–H groups in total. The number of imidazole rings is 1. The van der Waals surface area contributed by atoms with E-state index in [9.17, 15) is 0 Å². The van der Waals surface area contributed by atoms with Crippen LogP contribution in [0.2, 0.25) is 0 Å². The summed E-state index contributed by atoms with van der Waals surface area (Å²) in [5.41, 5.74) is 6.46. The van der Waals surface area contributed by atoms with Crippen LogP contribution in [0.15, 0.2) is 36.7 Å². The molecule has 3 heterocycles. The van der Waals surface area contributed by atoms with E-state index in [-0.39, 0.29) is 0 Å². The van der Waals surface area contributed by atoms with E-state index in [1.165, 1.54) is 5.56 Å². The zero-order chi connectivity index (χ0) is 12.7. The summed E-state index contributed by atoms with van der Waals surface area (Å²) >= 11 is 0. The number of nitrogens with zero attached hydrogens (tertiary/aromatic N) is 3. The van der Waals surface area contributed by atoms with Gasteiger partial charge < -0.3 is 4.40 Å². The van der Waals surface area contributed by atoms with Crippen LogP contribution in [0.4, 0.5) is 0 Å². The maximum Gasteiger partial charge on any atom is 0.140 e. The average molecular weight is 237 g/mol. The molecule has 0 radical (unpaired) electrons. The molecule has 0 fully saturated rings. The first kappa shape index (κ1) is 11.0. The highest BCUT2D eigenvalue weighted by atomic mass is 15.0. The highest BCUT2D eigenvalue weighted by Gasteiger charge is 2.11. The molecule has 0 unspecified atom stereocenters. The zero-order valence-corrected chi connectivity index (χ0v) is 10.8. The van der Waals surface area contributed by atoms with Crippen molar-refractivity contribution in [3.63, 3.8) is 0 Å². The van der Waals surface area contributed by atoms with Crippen molar-refractivity contribution in [3.8, 4) is 11.3 Å². The third kappa shape index (κ3) is 1.59. The number of pyridine rings is 2. The first-order valence-electron chi connectivity index (χ1n) is 6.04. The minimum atomic E-state index is 1.01. The van der Waals surface area contributed by atoms with E-state index in [0.29, 0.717) is 0 Å². The Morgan fingerprint density at radius 3 is 2.56 bits per heavy atom. The van der Waals surface area contributed by atoms with Gasteiger partial charge in [-0.05, 0) is 44.5 Å². The third-order valence-corrected chi connectivity index (χ3v) is 3.27. The summed E-state index contributed by atoms with van der Waals surface area (Å²) in [7, 11) is 0. The molecule has 0 aromatic carbocycles. The lowest BCUT2D eigenvalue weighted by molar-refractivity contribution is 1.10. The van der Waals surface area contributed by atoms with Crippen molar-refractivity contribution in [2.75, 3.05) is 0 Å². The molecule has 3 nitrogen and oxygen atoms in total. The molecule has 3 heteroatoms. The topological polar surface area (TPSA) is 30.2 Å². The van der Waals surface area contributed by atoms with Gasteiger partial charge in [0, 0.05) is 29.3 Å². The maximum absolute atomic E-state index is 4.73. The summed E-state index contributed by atoms with van der Waals surface area (Å²) in [5.74, 6) is 0. The van der Waals surface area contributed by atoms with E-state index in [0.717, 1.165) is 28.3 Å². The Morgan fingerprint density at radius 1 is 1.06 bits per heavy atom. The Kier molecular flexibility index (Phi) is 2.40. The summed E-state index contributed by atoms with van der Waals surface area (Å²) in [4.78, 5) is 9.07. The summed E-state index contributed by atoms with van der Waals surface area (Å²) in [6, 6.07) is 8.23. The second kappa shape index (κ2) is 3.95. The summed E-state index contributed by atoms with van der Waals surface area (Å²) in [6.45, 7) is 6.16. The van der Waals surface area contributed by atoms with E-state index in [1.54, 1.807) is 0 Å². The Hall–Kier alpha value is -2.16. The molecule has 0 amide bonds. The Balaban J connectivity index is 2.27. The van der Waals surface area contributed by atoms with Gasteiger partial charge in [-0.25, -0.2) is 4.98 Å². The minimum absolute atomic E-state index is 1.01. The quantitative estimate of drug-likeness (QED) is 0.650. The van der Waals surface area contributed by atoms with Gasteiger partial charge in [0.2, 0.25) is 0 Å². The molecule has 0 aliphatic heterocycles. The van der Waals surface area contributed by atoms with Crippen LogP contribution < -0.4 is 0 Å². The van der Waals surface area contributed by atoms with Crippen molar-refractivity contribution in [2.45, 2.75) is 20.8 Å². The normalized spacial score (nSPS) is 11.1. The maximum atomic E-state index is 4.73. The fraction of sp³-hybridized carbons (Fsp3) is 0.200. The van der Waals surface area contributed by atoms with E-state index in [4.69, 9.17) is 4.98 Å². The lowest BCUT2D eigenvalue weighted by Gasteiger charge is -1.99. The van der Waals surface area contributed by atoms with Crippen LogP contribution in [0, 0.1) is 20.8 Å². The standard InChI is InChI=1S/C15H15N3/c1-10-5-4-8-18-12(3)14(17-15(10)18)13-7-6-11(2)16-9-13/h4-9H,1-3H3. The number of hydrogen-bond acceptors (Lipinski definition) is 2. The average Bonchev–Trinajstić information content (AvgIpc) is 2.70. The van der Waals surface area contributed by atoms with Gasteiger partial charge in [-0.15, -0.1) is 0 Å². The van der Waals surface area contributed by atoms with Gasteiger partial charge in [0.25, 0.3) is 0 Å². The molecule has 3 aromatic heterocycles. The molecule has 3 rings (SSSR count). The van der Waals surface area contributed by atoms with Crippen molar-refractivity contribution >= 4 is 5.65 Å². The minimum Gasteiger partial charge on any atom is -0.303 e. The monoisotopic (exact) mass is 237 g/mol. The smallest absolute Gasteiger partial charge is 0.140 e. The fourth-order valence-corrected chi connectivity index (χ4v) is 2.20. The summed E-state index contributed by atoms with van der Waals surface area (Å²) in [5, 5.41) is 0. The lowest BCUT2D eigenvalue weighted by Crippen LogP contribution is -1.89. The van der Waals surface area contributed by atoms with Gasteiger partial charge in [-0.3, -0.25) is 4.98 Å². The SMILES string of the molecule is Cc1ccc(-c2nc3c(C)cccn3c2C)cn1. The zero-order valence-electron chi connectivity index (χ0n) is 10.8. The Morgan fingerprint density at radius 2 is 1.89 bits per heavy atom. The number of hydrogen-bond donors (Lipinski definition) is 0. The van der Waals surface area contributed by atoms with Crippen LogP contribution in [0.25, 0.3) is 16.9 Å². The van der Waals surface area contributed by atoms with Crippen molar-refractivity contribution in [3.05, 3.63) is 53.6 Å². The summed E-state index contributed by atoms with van der Waals surface area (Å²) in [6.07, 6.45) is 3.94. The molecular formula is C15H15N3. The van der Waals surface area contributed by atoms with Crippen LogP contribution in [0.1, 0.15) is 17.0 Å². The van der Waals surface area contributed by atoms with E-state index >= 15 is 0 Å². The van der Waals surface area contributed by atoms with Crippen LogP contribution in [-0.4, -0.2) is 14.4 Å². The van der Waals surface area contributed by atoms with Gasteiger partial charge in [-0.2, -0.15) is 0 Å². The van der Waals surface area contributed by atoms with E-state index in [1.807, 2.05) is 25.3 Å². The molecule has 0 atom stereocenters. The molecule has 0 spiro atoms. The number of aryl methyl sites for hydroxylation is 3. The van der Waals surface area contributed by atoms with Crippen LogP contribution in [0.5, 0.6) is 0 Å². The molecule has 0 bridgehead atoms. The predicted octanol–water partition coefficient (Wildman–Crippen LogP) is 3.32. The number of fused-ring (bicyclic) bond motifs is 1. The van der Waals surface area contributed by atoms with E-state index in [2.05, 4.69) is 41.6 Å². The van der Waals surface area contributed by atoms with Crippen molar-refractivity contribution in [2.24, 2.45) is 0 Å². The van der Waals surface area contributed by atoms with Crippen molar-refractivity contribution < 1.29 is 0 Å². The highest BCUT2D eigenvalue weighted by Crippen LogP contribution is 2.24. The highest BCUT2D eigenvalue weighted by molar-refractivity contribution is 5.67. The molecule has 3 aromatic rings. The van der Waals surface area contributed by atoms with Crippen LogP contribution in [0.3, 0.4) is 0 Å². The largest absolute Gasteiger partial charge is 0.303 e. The molecule has 0 saturated carbocycles. The molecule has 0 saturated heterocycles. The summed E-state index contributed by atoms with van der Waals surface area (Å²) < 4.78 is 2.13. The first-order chi connectivity index (χ1) is 8.66. The number of aromatic nitrogens is 3. The molecule has 18 heavy (non-hydrogen) atoms. The number of rotatable bonds is 1. The van der Waals surface area contributed by atoms with Gasteiger partial charge >= 0.3 is 0 Å². The molecule has 0 aliphatic rings. The fourth-order valence-electron chi connectivity index (χ4n) is 2.20. The first-order valence-corrected chi connectivity index (χ1v) is 6.04. The Labute approximate surface area is 106 Å². The lowest BCUT2D eigenvalue weighted by atomic mass is 10.2. The van der Waals surface area contributed by atoms with Gasteiger partial charge in [0.05, 0.1) is 5.69 Å². The third-order valence-electron chi connectivity index (χ3n) is 3.27. The predicted molar refractivity (Wildman–Crippen MR) is 72.6 cm³/mol. The molecular weight excluding hydrogens is 222 g/mol. The van der Waals surface area contributed by atoms with Crippen LogP contribution in [-0.2, 0) is 0 Å². The van der Waals surface area contributed by atoms with E-state index < -0.39 is 0 Å². The van der Waals surface area contributed by atoms with Crippen LogP contribution >= 0.6 is 0 Å². The van der Waals surface area contributed by atoms with Crippen molar-refractivity contribution in [1.82, 2.24) is 14.4 Å².